The third-order valence-electron chi connectivity index (χ3n) is 7.46. The van der Waals surface area contributed by atoms with Crippen LogP contribution in [-0.2, 0) is 17.6 Å². The third-order valence-corrected chi connectivity index (χ3v) is 8.62. The molecule has 190 valence electrons. The van der Waals surface area contributed by atoms with Gasteiger partial charge in [0, 0.05) is 65.7 Å². The van der Waals surface area contributed by atoms with Gasteiger partial charge in [0.2, 0.25) is 0 Å². The van der Waals surface area contributed by atoms with Gasteiger partial charge >= 0.3 is 0 Å². The van der Waals surface area contributed by atoms with Crippen molar-refractivity contribution in [1.82, 2.24) is 14.8 Å². The maximum atomic E-state index is 14.4. The minimum Gasteiger partial charge on any atom is -0.390 e. The van der Waals surface area contributed by atoms with Gasteiger partial charge in [-0.25, -0.2) is 8.78 Å². The zero-order valence-corrected chi connectivity index (χ0v) is 21.3. The van der Waals surface area contributed by atoms with Gasteiger partial charge < -0.3 is 19.7 Å². The molecule has 0 bridgehead atoms. The summed E-state index contributed by atoms with van der Waals surface area (Å²) in [5.74, 6) is -2.50. The van der Waals surface area contributed by atoms with Crippen molar-refractivity contribution in [3.63, 3.8) is 0 Å². The van der Waals surface area contributed by atoms with E-state index in [0.29, 0.717) is 12.3 Å². The molecule has 1 aromatic carbocycles. The van der Waals surface area contributed by atoms with Gasteiger partial charge in [-0.2, -0.15) is 0 Å². The molecular formula is C27H35F2N3O2S. The Morgan fingerprint density at radius 1 is 1.20 bits per heavy atom. The van der Waals surface area contributed by atoms with Crippen LogP contribution in [0.15, 0.2) is 36.4 Å². The topological polar surface area (TPSA) is 51.7 Å². The van der Waals surface area contributed by atoms with Gasteiger partial charge in [0.25, 0.3) is 5.92 Å². The van der Waals surface area contributed by atoms with Crippen LogP contribution < -0.4 is 0 Å². The van der Waals surface area contributed by atoms with Crippen molar-refractivity contribution < 1.29 is 18.6 Å². The first-order valence-corrected chi connectivity index (χ1v) is 13.3. The fourth-order valence-corrected chi connectivity index (χ4v) is 6.99. The highest BCUT2D eigenvalue weighted by atomic mass is 32.1. The SMILES string of the molecule is COCCCN1CC(Cc2ccc([C@@H]3c4[nH]c5ccccc5c4C[C@@H](C)N3CC(F)(F)CO)s2)C1. The van der Waals surface area contributed by atoms with Gasteiger partial charge in [-0.05, 0) is 55.9 Å². The number of halogens is 2. The molecule has 2 aliphatic rings. The average Bonchev–Trinajstić information content (AvgIpc) is 3.42. The maximum Gasteiger partial charge on any atom is 0.283 e. The fraction of sp³-hybridized carbons (Fsp3) is 0.556. The van der Waals surface area contributed by atoms with E-state index in [2.05, 4.69) is 34.1 Å². The van der Waals surface area contributed by atoms with Crippen molar-refractivity contribution in [1.29, 1.82) is 0 Å². The largest absolute Gasteiger partial charge is 0.390 e. The second-order valence-electron chi connectivity index (χ2n) is 10.2. The Labute approximate surface area is 209 Å². The van der Waals surface area contributed by atoms with Crippen molar-refractivity contribution in [2.24, 2.45) is 5.92 Å². The van der Waals surface area contributed by atoms with E-state index in [1.54, 1.807) is 18.4 Å². The van der Waals surface area contributed by atoms with Crippen LogP contribution in [0.25, 0.3) is 10.9 Å². The second kappa shape index (κ2) is 10.3. The molecule has 0 spiro atoms. The van der Waals surface area contributed by atoms with Crippen LogP contribution >= 0.6 is 11.3 Å². The van der Waals surface area contributed by atoms with Crippen LogP contribution in [-0.4, -0.2) is 78.4 Å². The number of H-pyrrole nitrogens is 1. The van der Waals surface area contributed by atoms with Crippen molar-refractivity contribution in [3.8, 4) is 0 Å². The van der Waals surface area contributed by atoms with Crippen LogP contribution in [0.1, 0.15) is 40.4 Å². The molecule has 8 heteroatoms. The Morgan fingerprint density at radius 2 is 2.00 bits per heavy atom. The van der Waals surface area contributed by atoms with Crippen LogP contribution in [0, 0.1) is 5.92 Å². The number of likely N-dealkylation sites (tertiary alicyclic amines) is 1. The first-order valence-electron chi connectivity index (χ1n) is 12.5. The number of hydrogen-bond donors (Lipinski definition) is 2. The molecular weight excluding hydrogens is 468 g/mol. The van der Waals surface area contributed by atoms with Gasteiger partial charge in [0.1, 0.15) is 6.61 Å². The van der Waals surface area contributed by atoms with Gasteiger partial charge in [-0.1, -0.05) is 18.2 Å². The van der Waals surface area contributed by atoms with Gasteiger partial charge in [0.05, 0.1) is 12.6 Å². The molecule has 2 aromatic heterocycles. The number of nitrogens with one attached hydrogen (secondary N) is 1. The summed E-state index contributed by atoms with van der Waals surface area (Å²) in [5, 5.41) is 10.5. The lowest BCUT2D eigenvalue weighted by atomic mass is 9.91. The second-order valence-corrected chi connectivity index (χ2v) is 11.4. The molecule has 35 heavy (non-hydrogen) atoms. The number of aromatic amines is 1. The minimum atomic E-state index is -3.14. The first-order chi connectivity index (χ1) is 16.9. The molecule has 5 nitrogen and oxygen atoms in total. The predicted molar refractivity (Wildman–Crippen MR) is 136 cm³/mol. The molecule has 3 aromatic rings. The summed E-state index contributed by atoms with van der Waals surface area (Å²) in [6.45, 7) is 4.52. The monoisotopic (exact) mass is 503 g/mol. The molecule has 0 radical (unpaired) electrons. The molecule has 1 saturated heterocycles. The lowest BCUT2D eigenvalue weighted by Crippen LogP contribution is -2.49. The highest BCUT2D eigenvalue weighted by Crippen LogP contribution is 2.44. The lowest BCUT2D eigenvalue weighted by Gasteiger charge is -2.41. The van der Waals surface area contributed by atoms with Crippen LogP contribution in [0.3, 0.4) is 0 Å². The minimum absolute atomic E-state index is 0.0676. The summed E-state index contributed by atoms with van der Waals surface area (Å²) in [5.41, 5.74) is 3.28. The number of fused-ring (bicyclic) bond motifs is 3. The lowest BCUT2D eigenvalue weighted by molar-refractivity contribution is -0.0862. The summed E-state index contributed by atoms with van der Waals surface area (Å²) in [6.07, 6.45) is 2.80. The summed E-state index contributed by atoms with van der Waals surface area (Å²) in [4.78, 5) is 10.3. The Balaban J connectivity index is 1.39. The van der Waals surface area contributed by atoms with E-state index in [0.717, 1.165) is 55.2 Å². The number of thiophene rings is 1. The van der Waals surface area contributed by atoms with E-state index in [-0.39, 0.29) is 12.1 Å². The Bertz CT molecular complexity index is 1140. The van der Waals surface area contributed by atoms with E-state index in [9.17, 15) is 13.9 Å². The molecule has 0 aliphatic carbocycles. The molecule has 0 unspecified atom stereocenters. The maximum absolute atomic E-state index is 14.4. The fourth-order valence-electron chi connectivity index (χ4n) is 5.73. The standard InChI is InChI=1S/C27H35F2N3O2S/c1-18-12-22-21-6-3-4-7-23(21)30-25(22)26(32(18)16-27(28,29)17-33)24-9-8-20(35-24)13-19-14-31(15-19)10-5-11-34-2/h3-4,6-9,18-19,26,30,33H,5,10-17H2,1-2H3/t18-,26-/m1/s1. The smallest absolute Gasteiger partial charge is 0.283 e. The molecule has 4 heterocycles. The van der Waals surface area contributed by atoms with E-state index in [4.69, 9.17) is 4.74 Å². The van der Waals surface area contributed by atoms with Crippen molar-refractivity contribution in [2.75, 3.05) is 46.5 Å². The number of ether oxygens (including phenoxy) is 1. The molecule has 1 fully saturated rings. The summed E-state index contributed by atoms with van der Waals surface area (Å²) in [7, 11) is 1.74. The highest BCUT2D eigenvalue weighted by Gasteiger charge is 2.42. The number of benzene rings is 1. The number of aliphatic hydroxyl groups excluding tert-OH is 1. The number of para-hydroxylation sites is 1. The number of rotatable bonds is 10. The summed E-state index contributed by atoms with van der Waals surface area (Å²) < 4.78 is 34.0. The van der Waals surface area contributed by atoms with Crippen molar-refractivity contribution >= 4 is 22.2 Å². The number of hydrogen-bond acceptors (Lipinski definition) is 5. The normalized spacial score (nSPS) is 22.0. The number of alkyl halides is 2. The van der Waals surface area contributed by atoms with E-state index >= 15 is 0 Å². The van der Waals surface area contributed by atoms with E-state index in [1.165, 1.54) is 15.8 Å². The summed E-state index contributed by atoms with van der Waals surface area (Å²) >= 11 is 1.75. The quantitative estimate of drug-likeness (QED) is 0.394. The molecule has 2 N–H and O–H groups in total. The number of aromatic nitrogens is 1. The van der Waals surface area contributed by atoms with E-state index < -0.39 is 19.1 Å². The van der Waals surface area contributed by atoms with E-state index in [1.807, 2.05) is 24.0 Å². The van der Waals surface area contributed by atoms with Crippen molar-refractivity contribution in [3.05, 3.63) is 57.4 Å². The van der Waals surface area contributed by atoms with Crippen molar-refractivity contribution in [2.45, 2.75) is 44.2 Å². The number of methoxy groups -OCH3 is 1. The Kier molecular flexibility index (Phi) is 7.28. The Hall–Kier alpha value is -1.84. The molecule has 0 saturated carbocycles. The first kappa shape index (κ1) is 24.8. The number of aliphatic hydroxyl groups is 1. The van der Waals surface area contributed by atoms with Gasteiger partial charge in [-0.15, -0.1) is 11.3 Å². The average molecular weight is 504 g/mol. The third kappa shape index (κ3) is 5.18. The molecule has 0 amide bonds. The van der Waals surface area contributed by atoms with Gasteiger partial charge in [0.15, 0.2) is 0 Å². The Morgan fingerprint density at radius 3 is 2.77 bits per heavy atom. The highest BCUT2D eigenvalue weighted by molar-refractivity contribution is 7.12. The summed E-state index contributed by atoms with van der Waals surface area (Å²) in [6, 6.07) is 12.2. The molecule has 2 atom stereocenters. The van der Waals surface area contributed by atoms with Crippen LogP contribution in [0.5, 0.6) is 0 Å². The van der Waals surface area contributed by atoms with Crippen LogP contribution in [0.4, 0.5) is 8.78 Å². The van der Waals surface area contributed by atoms with Crippen LogP contribution in [0.2, 0.25) is 0 Å². The predicted octanol–water partition coefficient (Wildman–Crippen LogP) is 4.70. The molecule has 5 rings (SSSR count). The zero-order chi connectivity index (χ0) is 24.6. The van der Waals surface area contributed by atoms with Gasteiger partial charge in [-0.3, -0.25) is 4.90 Å². The number of nitrogens with zero attached hydrogens (tertiary/aromatic N) is 2. The molecule has 2 aliphatic heterocycles. The zero-order valence-electron chi connectivity index (χ0n) is 20.5.